The Kier molecular flexibility index (Phi) is 5.66. The molecule has 0 aliphatic heterocycles. The van der Waals surface area contributed by atoms with Crippen LogP contribution in [0.2, 0.25) is 0 Å². The van der Waals surface area contributed by atoms with E-state index in [1.165, 1.54) is 11.4 Å². The standard InChI is InChI=1S/C13H10BrN3O5S/c14-8-2-1-7(3-10(8)19)4-22-17-11(12(20)21)9-5-23-13(16-9)15-6-18/h1-3,5-6,19H,4H2,(H,20,21)(H,15,16,18). The molecular weight excluding hydrogens is 390 g/mol. The number of aromatic nitrogens is 1. The van der Waals surface area contributed by atoms with Gasteiger partial charge in [0.25, 0.3) is 0 Å². The Balaban J connectivity index is 2.10. The van der Waals surface area contributed by atoms with Crippen molar-refractivity contribution in [2.45, 2.75) is 6.61 Å². The number of phenolic OH excluding ortho intramolecular Hbond substituents is 1. The number of halogens is 1. The number of carbonyl (C=O) groups is 2. The van der Waals surface area contributed by atoms with Crippen LogP contribution in [0.5, 0.6) is 5.75 Å². The molecule has 1 heterocycles. The molecule has 10 heteroatoms. The lowest BCUT2D eigenvalue weighted by molar-refractivity contribution is -0.129. The number of hydrogen-bond acceptors (Lipinski definition) is 7. The number of aromatic hydroxyl groups is 1. The zero-order valence-corrected chi connectivity index (χ0v) is 13.8. The van der Waals surface area contributed by atoms with E-state index in [9.17, 15) is 14.7 Å². The largest absolute Gasteiger partial charge is 0.507 e. The molecule has 1 amide bonds. The number of thiazole rings is 1. The maximum Gasteiger partial charge on any atom is 0.360 e. The van der Waals surface area contributed by atoms with E-state index in [0.717, 1.165) is 11.3 Å². The molecule has 0 aliphatic rings. The first-order valence-electron chi connectivity index (χ1n) is 6.08. The predicted octanol–water partition coefficient (Wildman–Crippen LogP) is 2.18. The topological polar surface area (TPSA) is 121 Å². The minimum atomic E-state index is -1.31. The lowest BCUT2D eigenvalue weighted by Crippen LogP contribution is -2.15. The van der Waals surface area contributed by atoms with Crippen LogP contribution in [0.3, 0.4) is 0 Å². The summed E-state index contributed by atoms with van der Waals surface area (Å²) in [6.07, 6.45) is 0.441. The number of nitrogens with zero attached hydrogens (tertiary/aromatic N) is 2. The van der Waals surface area contributed by atoms with Crippen LogP contribution in [-0.2, 0) is 21.0 Å². The monoisotopic (exact) mass is 399 g/mol. The highest BCUT2D eigenvalue weighted by molar-refractivity contribution is 9.10. The summed E-state index contributed by atoms with van der Waals surface area (Å²) in [5.74, 6) is -1.27. The third-order valence-electron chi connectivity index (χ3n) is 2.53. The van der Waals surface area contributed by atoms with E-state index in [1.54, 1.807) is 12.1 Å². The second-order valence-electron chi connectivity index (χ2n) is 4.10. The van der Waals surface area contributed by atoms with Crippen LogP contribution in [0.1, 0.15) is 11.3 Å². The van der Waals surface area contributed by atoms with Gasteiger partial charge in [0.2, 0.25) is 12.1 Å². The summed E-state index contributed by atoms with van der Waals surface area (Å²) >= 11 is 4.21. The predicted molar refractivity (Wildman–Crippen MR) is 86.6 cm³/mol. The number of hydrogen-bond donors (Lipinski definition) is 3. The van der Waals surface area contributed by atoms with E-state index < -0.39 is 5.97 Å². The van der Waals surface area contributed by atoms with Crippen molar-refractivity contribution in [1.82, 2.24) is 4.98 Å². The highest BCUT2D eigenvalue weighted by Crippen LogP contribution is 2.24. The second-order valence-corrected chi connectivity index (χ2v) is 5.82. The summed E-state index contributed by atoms with van der Waals surface area (Å²) in [6, 6.07) is 4.79. The number of anilines is 1. The molecule has 8 nitrogen and oxygen atoms in total. The fourth-order valence-electron chi connectivity index (χ4n) is 1.51. The summed E-state index contributed by atoms with van der Waals surface area (Å²) < 4.78 is 0.536. The van der Waals surface area contributed by atoms with E-state index in [0.29, 0.717) is 16.4 Å². The fraction of sp³-hybridized carbons (Fsp3) is 0.0769. The maximum atomic E-state index is 11.2. The normalized spacial score (nSPS) is 11.1. The maximum absolute atomic E-state index is 11.2. The van der Waals surface area contributed by atoms with Crippen LogP contribution in [0.25, 0.3) is 0 Å². The summed E-state index contributed by atoms with van der Waals surface area (Å²) in [7, 11) is 0. The molecule has 2 rings (SSSR count). The molecular formula is C13H10BrN3O5S. The van der Waals surface area contributed by atoms with Gasteiger partial charge in [-0.1, -0.05) is 11.2 Å². The Hall–Kier alpha value is -2.46. The minimum absolute atomic E-state index is 0.0266. The SMILES string of the molecule is O=CNc1nc(C(=NOCc2ccc(Br)c(O)c2)C(=O)O)cs1. The average molecular weight is 400 g/mol. The van der Waals surface area contributed by atoms with Crippen LogP contribution in [0, 0.1) is 0 Å². The number of benzene rings is 1. The van der Waals surface area contributed by atoms with Crippen molar-refractivity contribution in [3.8, 4) is 5.75 Å². The quantitative estimate of drug-likeness (QED) is 0.372. The molecule has 0 saturated carbocycles. The van der Waals surface area contributed by atoms with Crippen LogP contribution in [0.4, 0.5) is 5.13 Å². The number of aliphatic carboxylic acids is 1. The van der Waals surface area contributed by atoms with Gasteiger partial charge in [-0.2, -0.15) is 0 Å². The Morgan fingerprint density at radius 3 is 2.96 bits per heavy atom. The molecule has 0 aliphatic carbocycles. The number of carbonyl (C=O) groups excluding carboxylic acids is 1. The van der Waals surface area contributed by atoms with Crippen LogP contribution >= 0.6 is 27.3 Å². The van der Waals surface area contributed by atoms with Gasteiger partial charge in [-0.3, -0.25) is 4.79 Å². The van der Waals surface area contributed by atoms with Gasteiger partial charge < -0.3 is 20.4 Å². The number of carboxylic acid groups (broad SMARTS) is 1. The van der Waals surface area contributed by atoms with E-state index in [-0.39, 0.29) is 28.9 Å². The molecule has 23 heavy (non-hydrogen) atoms. The molecule has 0 radical (unpaired) electrons. The smallest absolute Gasteiger partial charge is 0.360 e. The fourth-order valence-corrected chi connectivity index (χ4v) is 2.42. The van der Waals surface area contributed by atoms with Gasteiger partial charge in [-0.05, 0) is 33.6 Å². The number of nitrogens with one attached hydrogen (secondary N) is 1. The van der Waals surface area contributed by atoms with Crippen molar-refractivity contribution < 1.29 is 24.6 Å². The third-order valence-corrected chi connectivity index (χ3v) is 3.97. The molecule has 120 valence electrons. The van der Waals surface area contributed by atoms with Crippen LogP contribution in [-0.4, -0.2) is 33.3 Å². The Bertz CT molecular complexity index is 762. The summed E-state index contributed by atoms with van der Waals surface area (Å²) in [6.45, 7) is -0.0266. The minimum Gasteiger partial charge on any atom is -0.507 e. The molecule has 0 fully saturated rings. The first-order chi connectivity index (χ1) is 11.0. The van der Waals surface area contributed by atoms with E-state index in [4.69, 9.17) is 9.94 Å². The molecule has 1 aromatic heterocycles. The number of phenols is 1. The van der Waals surface area contributed by atoms with Crippen molar-refractivity contribution in [2.24, 2.45) is 5.16 Å². The van der Waals surface area contributed by atoms with E-state index in [2.05, 4.69) is 31.4 Å². The van der Waals surface area contributed by atoms with Crippen molar-refractivity contribution in [3.05, 3.63) is 39.3 Å². The zero-order valence-electron chi connectivity index (χ0n) is 11.4. The molecule has 0 bridgehead atoms. The van der Waals surface area contributed by atoms with Gasteiger partial charge in [0, 0.05) is 5.38 Å². The Labute approximate surface area is 142 Å². The Morgan fingerprint density at radius 2 is 2.30 bits per heavy atom. The Morgan fingerprint density at radius 1 is 1.52 bits per heavy atom. The third kappa shape index (κ3) is 4.50. The van der Waals surface area contributed by atoms with E-state index in [1.807, 2.05) is 0 Å². The molecule has 1 aromatic carbocycles. The first kappa shape index (κ1) is 16.9. The lowest BCUT2D eigenvalue weighted by atomic mass is 10.2. The summed E-state index contributed by atoms with van der Waals surface area (Å²) in [4.78, 5) is 30.5. The first-order valence-corrected chi connectivity index (χ1v) is 7.75. The number of rotatable bonds is 7. The second kappa shape index (κ2) is 7.70. The van der Waals surface area contributed by atoms with Crippen molar-refractivity contribution in [3.63, 3.8) is 0 Å². The summed E-state index contributed by atoms with van der Waals surface area (Å²) in [5, 5.41) is 26.3. The van der Waals surface area contributed by atoms with Gasteiger partial charge in [0.1, 0.15) is 18.1 Å². The number of carboxylic acids is 1. The number of amides is 1. The molecule has 3 N–H and O–H groups in total. The molecule has 0 spiro atoms. The zero-order chi connectivity index (χ0) is 16.8. The average Bonchev–Trinajstić information content (AvgIpc) is 2.95. The molecule has 0 unspecified atom stereocenters. The molecule has 0 atom stereocenters. The molecule has 2 aromatic rings. The van der Waals surface area contributed by atoms with Gasteiger partial charge in [-0.15, -0.1) is 11.3 Å². The highest BCUT2D eigenvalue weighted by atomic mass is 79.9. The van der Waals surface area contributed by atoms with Crippen molar-refractivity contribution >= 4 is 50.5 Å². The van der Waals surface area contributed by atoms with Gasteiger partial charge in [0.05, 0.1) is 4.47 Å². The van der Waals surface area contributed by atoms with E-state index >= 15 is 0 Å². The number of oxime groups is 1. The van der Waals surface area contributed by atoms with Gasteiger partial charge in [0.15, 0.2) is 5.13 Å². The van der Waals surface area contributed by atoms with Crippen LogP contribution in [0.15, 0.2) is 33.2 Å². The van der Waals surface area contributed by atoms with Crippen molar-refractivity contribution in [1.29, 1.82) is 0 Å². The van der Waals surface area contributed by atoms with Crippen molar-refractivity contribution in [2.75, 3.05) is 5.32 Å². The molecule has 0 saturated heterocycles. The highest BCUT2D eigenvalue weighted by Gasteiger charge is 2.17. The van der Waals surface area contributed by atoms with Crippen LogP contribution < -0.4 is 5.32 Å². The summed E-state index contributed by atoms with van der Waals surface area (Å²) in [5.41, 5.74) is 0.299. The van der Waals surface area contributed by atoms with Gasteiger partial charge in [-0.25, -0.2) is 9.78 Å². The lowest BCUT2D eigenvalue weighted by Gasteiger charge is -2.03. The van der Waals surface area contributed by atoms with Gasteiger partial charge >= 0.3 is 5.97 Å².